The molecule has 0 saturated carbocycles. The molecule has 0 N–H and O–H groups in total. The monoisotopic (exact) mass is 225 g/mol. The molecule has 2 aliphatic heterocycles. The highest BCUT2D eigenvalue weighted by molar-refractivity contribution is 6.49. The third kappa shape index (κ3) is 1.50. The van der Waals surface area contributed by atoms with E-state index in [0.29, 0.717) is 17.2 Å². The Morgan fingerprint density at radius 1 is 1.18 bits per heavy atom. The van der Waals surface area contributed by atoms with Crippen molar-refractivity contribution in [1.29, 1.82) is 0 Å². The number of carbonyl (C=O) groups excluding carboxylic acids is 1. The summed E-state index contributed by atoms with van der Waals surface area (Å²) in [7, 11) is 0. The molecule has 2 aliphatic rings. The maximum absolute atomic E-state index is 11.5. The van der Waals surface area contributed by atoms with Gasteiger partial charge in [-0.15, -0.1) is 10.2 Å². The van der Waals surface area contributed by atoms with Crippen LogP contribution < -0.4 is 0 Å². The van der Waals surface area contributed by atoms with Gasteiger partial charge in [0.1, 0.15) is 5.70 Å². The van der Waals surface area contributed by atoms with Crippen molar-refractivity contribution in [2.45, 2.75) is 6.92 Å². The van der Waals surface area contributed by atoms with E-state index in [2.05, 4.69) is 25.2 Å². The van der Waals surface area contributed by atoms with Gasteiger partial charge in [-0.05, 0) is 19.1 Å². The number of amides is 1. The number of amidine groups is 1. The molecule has 0 unspecified atom stereocenters. The molecule has 0 aromatic carbocycles. The van der Waals surface area contributed by atoms with Crippen molar-refractivity contribution < 1.29 is 4.79 Å². The summed E-state index contributed by atoms with van der Waals surface area (Å²) in [5, 5.41) is 7.22. The van der Waals surface area contributed by atoms with Gasteiger partial charge >= 0.3 is 5.91 Å². The highest BCUT2D eigenvalue weighted by Gasteiger charge is 2.28. The lowest BCUT2D eigenvalue weighted by Gasteiger charge is -2.02. The Labute approximate surface area is 96.5 Å². The minimum atomic E-state index is -0.451. The lowest BCUT2D eigenvalue weighted by Crippen LogP contribution is -2.14. The van der Waals surface area contributed by atoms with Crippen LogP contribution in [0.4, 0.5) is 0 Å². The molecule has 0 aliphatic carbocycles. The molecule has 0 radical (unpaired) electrons. The Morgan fingerprint density at radius 2 is 2.06 bits per heavy atom. The first-order valence-electron chi connectivity index (χ1n) is 5.01. The van der Waals surface area contributed by atoms with E-state index in [4.69, 9.17) is 0 Å². The fourth-order valence-corrected chi connectivity index (χ4v) is 1.58. The first-order valence-corrected chi connectivity index (χ1v) is 5.01. The van der Waals surface area contributed by atoms with Gasteiger partial charge in [-0.3, -0.25) is 9.78 Å². The van der Waals surface area contributed by atoms with Gasteiger partial charge in [0.15, 0.2) is 11.5 Å². The third-order valence-electron chi connectivity index (χ3n) is 2.42. The second kappa shape index (κ2) is 3.51. The number of carbonyl (C=O) groups is 1. The van der Waals surface area contributed by atoms with Crippen LogP contribution in [-0.4, -0.2) is 22.4 Å². The summed E-state index contributed by atoms with van der Waals surface area (Å²) in [6, 6.07) is 3.62. The summed E-state index contributed by atoms with van der Waals surface area (Å²) in [6.45, 7) is 1.75. The fraction of sp³-hybridized carbons (Fsp3) is 0.0909. The van der Waals surface area contributed by atoms with Crippen molar-refractivity contribution in [3.8, 4) is 0 Å². The van der Waals surface area contributed by atoms with Gasteiger partial charge in [-0.25, -0.2) is 9.98 Å². The molecule has 82 valence electrons. The van der Waals surface area contributed by atoms with E-state index in [1.165, 1.54) is 0 Å². The highest BCUT2D eigenvalue weighted by atomic mass is 16.2. The van der Waals surface area contributed by atoms with Crippen molar-refractivity contribution in [2.24, 2.45) is 20.2 Å². The van der Waals surface area contributed by atoms with Gasteiger partial charge in [0.2, 0.25) is 0 Å². The summed E-state index contributed by atoms with van der Waals surface area (Å²) in [5.41, 5.74) is 2.13. The van der Waals surface area contributed by atoms with E-state index in [1.54, 1.807) is 25.4 Å². The molecular weight excluding hydrogens is 218 g/mol. The van der Waals surface area contributed by atoms with Gasteiger partial charge in [0.05, 0.1) is 5.70 Å². The molecule has 1 amide bonds. The fourth-order valence-electron chi connectivity index (χ4n) is 1.58. The minimum Gasteiger partial charge on any atom is -0.264 e. The largest absolute Gasteiger partial charge is 0.316 e. The Bertz CT molecular complexity index is 625. The molecule has 1 aromatic heterocycles. The van der Waals surface area contributed by atoms with Crippen molar-refractivity contribution in [3.05, 3.63) is 41.5 Å². The highest BCUT2D eigenvalue weighted by Crippen LogP contribution is 2.23. The average Bonchev–Trinajstić information content (AvgIpc) is 2.81. The molecule has 0 atom stereocenters. The van der Waals surface area contributed by atoms with Crippen LogP contribution in [0.2, 0.25) is 0 Å². The lowest BCUT2D eigenvalue weighted by molar-refractivity contribution is -0.112. The molecule has 3 heterocycles. The first kappa shape index (κ1) is 9.71. The summed E-state index contributed by atoms with van der Waals surface area (Å²) in [6.07, 6.45) is 3.31. The molecule has 0 bridgehead atoms. The zero-order chi connectivity index (χ0) is 11.8. The Hall–Kier alpha value is -2.50. The second-order valence-corrected chi connectivity index (χ2v) is 3.58. The van der Waals surface area contributed by atoms with Crippen LogP contribution in [0.3, 0.4) is 0 Å². The predicted octanol–water partition coefficient (Wildman–Crippen LogP) is 1.51. The SMILES string of the molecule is CC1=C2N=C(c3cccnc3)N=C2C(=O)N=N1. The third-order valence-corrected chi connectivity index (χ3v) is 2.42. The number of azo groups is 1. The van der Waals surface area contributed by atoms with Crippen molar-refractivity contribution in [2.75, 3.05) is 0 Å². The van der Waals surface area contributed by atoms with Gasteiger partial charge < -0.3 is 0 Å². The number of fused-ring (bicyclic) bond motifs is 1. The molecule has 0 fully saturated rings. The molecule has 17 heavy (non-hydrogen) atoms. The number of hydrogen-bond donors (Lipinski definition) is 0. The summed E-state index contributed by atoms with van der Waals surface area (Å²) < 4.78 is 0. The maximum atomic E-state index is 11.5. The van der Waals surface area contributed by atoms with E-state index in [-0.39, 0.29) is 5.71 Å². The number of hydrogen-bond acceptors (Lipinski definition) is 5. The summed E-state index contributed by atoms with van der Waals surface area (Å²) in [5.74, 6) is 0.0244. The molecule has 1 aromatic rings. The van der Waals surface area contributed by atoms with Gasteiger partial charge in [0, 0.05) is 18.0 Å². The van der Waals surface area contributed by atoms with Crippen molar-refractivity contribution >= 4 is 17.5 Å². The summed E-state index contributed by atoms with van der Waals surface area (Å²) >= 11 is 0. The maximum Gasteiger partial charge on any atom is 0.316 e. The van der Waals surface area contributed by atoms with Crippen molar-refractivity contribution in [1.82, 2.24) is 4.98 Å². The van der Waals surface area contributed by atoms with Crippen LogP contribution in [0.25, 0.3) is 0 Å². The predicted molar refractivity (Wildman–Crippen MR) is 60.8 cm³/mol. The van der Waals surface area contributed by atoms with E-state index < -0.39 is 5.91 Å². The number of nitrogens with zero attached hydrogens (tertiary/aromatic N) is 5. The van der Waals surface area contributed by atoms with E-state index >= 15 is 0 Å². The Balaban J connectivity index is 2.11. The molecule has 0 spiro atoms. The molecule has 3 rings (SSSR count). The first-order chi connectivity index (χ1) is 8.25. The average molecular weight is 225 g/mol. The van der Waals surface area contributed by atoms with E-state index in [0.717, 1.165) is 5.56 Å². The second-order valence-electron chi connectivity index (χ2n) is 3.58. The smallest absolute Gasteiger partial charge is 0.264 e. The molecule has 0 saturated heterocycles. The van der Waals surface area contributed by atoms with Crippen LogP contribution in [0.5, 0.6) is 0 Å². The number of aromatic nitrogens is 1. The van der Waals surface area contributed by atoms with Crippen LogP contribution in [-0.2, 0) is 4.79 Å². The van der Waals surface area contributed by atoms with Crippen molar-refractivity contribution in [3.63, 3.8) is 0 Å². The van der Waals surface area contributed by atoms with Gasteiger partial charge in [-0.1, -0.05) is 0 Å². The number of allylic oxidation sites excluding steroid dienone is 1. The van der Waals surface area contributed by atoms with E-state index in [9.17, 15) is 4.79 Å². The normalized spacial score (nSPS) is 18.1. The molecule has 6 nitrogen and oxygen atoms in total. The zero-order valence-corrected chi connectivity index (χ0v) is 8.95. The Morgan fingerprint density at radius 3 is 2.76 bits per heavy atom. The number of aliphatic imine (C=N–C) groups is 2. The topological polar surface area (TPSA) is 79.4 Å². The minimum absolute atomic E-state index is 0.261. The standard InChI is InChI=1S/C11H7N5O/c1-6-8-9(11(17)16-15-6)14-10(13-8)7-3-2-4-12-5-7/h2-5H,1H3. The lowest BCUT2D eigenvalue weighted by atomic mass is 10.2. The van der Waals surface area contributed by atoms with Gasteiger partial charge in [-0.2, -0.15) is 0 Å². The number of pyridine rings is 1. The molecular formula is C11H7N5O. The van der Waals surface area contributed by atoms with Gasteiger partial charge in [0.25, 0.3) is 0 Å². The van der Waals surface area contributed by atoms with Crippen LogP contribution in [0, 0.1) is 0 Å². The van der Waals surface area contributed by atoms with E-state index in [1.807, 2.05) is 6.07 Å². The summed E-state index contributed by atoms with van der Waals surface area (Å²) in [4.78, 5) is 23.9. The van der Waals surface area contributed by atoms with Crippen LogP contribution in [0.1, 0.15) is 12.5 Å². The Kier molecular flexibility index (Phi) is 2.01. The van der Waals surface area contributed by atoms with Crippen LogP contribution >= 0.6 is 0 Å². The quantitative estimate of drug-likeness (QED) is 0.725. The molecule has 6 heteroatoms. The zero-order valence-electron chi connectivity index (χ0n) is 8.95. The van der Waals surface area contributed by atoms with Crippen LogP contribution in [0.15, 0.2) is 56.1 Å². The number of rotatable bonds is 1.